The van der Waals surface area contributed by atoms with Crippen LogP contribution in [0.2, 0.25) is 0 Å². The number of ether oxygens (including phenoxy) is 2. The molecule has 0 heterocycles. The van der Waals surface area contributed by atoms with Crippen molar-refractivity contribution in [2.45, 2.75) is 19.4 Å². The second-order valence-electron chi connectivity index (χ2n) is 3.60. The highest BCUT2D eigenvalue weighted by Gasteiger charge is 1.97. The first-order valence-electron chi connectivity index (χ1n) is 5.43. The lowest BCUT2D eigenvalue weighted by molar-refractivity contribution is 0.119. The minimum Gasteiger partial charge on any atom is -0.497 e. The first kappa shape index (κ1) is 13.3. The molecule has 0 amide bonds. The smallest absolute Gasteiger partial charge is 0.139 e. The number of hydrogen-bond acceptors (Lipinski definition) is 4. The van der Waals surface area contributed by atoms with Gasteiger partial charge in [0.05, 0.1) is 13.7 Å². The summed E-state index contributed by atoms with van der Waals surface area (Å²) >= 11 is 0. The number of amidine groups is 1. The van der Waals surface area contributed by atoms with Crippen molar-refractivity contribution in [3.63, 3.8) is 0 Å². The minimum absolute atomic E-state index is 0.231. The molecule has 0 aromatic heterocycles. The molecule has 1 aromatic carbocycles. The van der Waals surface area contributed by atoms with E-state index in [1.807, 2.05) is 24.3 Å². The number of oxime groups is 1. The maximum absolute atomic E-state index is 8.34. The van der Waals surface area contributed by atoms with Crippen molar-refractivity contribution in [1.29, 1.82) is 0 Å². The predicted octanol–water partition coefficient (Wildman–Crippen LogP) is 1.74. The van der Waals surface area contributed by atoms with E-state index < -0.39 is 0 Å². The van der Waals surface area contributed by atoms with E-state index in [1.54, 1.807) is 7.11 Å². The Balaban J connectivity index is 2.22. The van der Waals surface area contributed by atoms with Crippen molar-refractivity contribution in [2.75, 3.05) is 13.7 Å². The summed E-state index contributed by atoms with van der Waals surface area (Å²) in [5, 5.41) is 11.2. The fourth-order valence-corrected chi connectivity index (χ4v) is 1.36. The van der Waals surface area contributed by atoms with Gasteiger partial charge in [-0.15, -0.1) is 0 Å². The lowest BCUT2D eigenvalue weighted by Crippen LogP contribution is -2.12. The van der Waals surface area contributed by atoms with Crippen LogP contribution in [0.4, 0.5) is 0 Å². The van der Waals surface area contributed by atoms with Gasteiger partial charge >= 0.3 is 0 Å². The zero-order valence-corrected chi connectivity index (χ0v) is 9.93. The van der Waals surface area contributed by atoms with E-state index in [4.69, 9.17) is 20.4 Å². The summed E-state index contributed by atoms with van der Waals surface area (Å²) in [6.07, 6.45) is 1.27. The minimum atomic E-state index is 0.231. The quantitative estimate of drug-likeness (QED) is 0.249. The van der Waals surface area contributed by atoms with Gasteiger partial charge < -0.3 is 20.4 Å². The van der Waals surface area contributed by atoms with E-state index in [0.717, 1.165) is 17.7 Å². The average molecular weight is 238 g/mol. The van der Waals surface area contributed by atoms with Crippen LogP contribution in [0.25, 0.3) is 0 Å². The van der Waals surface area contributed by atoms with Gasteiger partial charge in [0.1, 0.15) is 11.6 Å². The number of nitrogens with zero attached hydrogens (tertiary/aromatic N) is 1. The standard InChI is InChI=1S/C12H18N2O3/c1-16-11-5-2-4-10(8-11)9-17-7-3-6-12(13)14-15/h2,4-5,8,15H,3,6-7,9H2,1H3,(H2,13,14). The zero-order chi connectivity index (χ0) is 12.5. The summed E-state index contributed by atoms with van der Waals surface area (Å²) in [7, 11) is 1.64. The lowest BCUT2D eigenvalue weighted by Gasteiger charge is -2.05. The van der Waals surface area contributed by atoms with Gasteiger partial charge in [-0.2, -0.15) is 0 Å². The van der Waals surface area contributed by atoms with Gasteiger partial charge in [-0.05, 0) is 24.1 Å². The summed E-state index contributed by atoms with van der Waals surface area (Å²) in [6.45, 7) is 1.11. The van der Waals surface area contributed by atoms with E-state index in [-0.39, 0.29) is 5.84 Å². The van der Waals surface area contributed by atoms with E-state index in [2.05, 4.69) is 5.16 Å². The van der Waals surface area contributed by atoms with Gasteiger partial charge in [0.25, 0.3) is 0 Å². The molecular formula is C12H18N2O3. The van der Waals surface area contributed by atoms with E-state index in [1.165, 1.54) is 0 Å². The molecule has 0 radical (unpaired) electrons. The monoisotopic (exact) mass is 238 g/mol. The number of hydrogen-bond donors (Lipinski definition) is 2. The highest BCUT2D eigenvalue weighted by Crippen LogP contribution is 2.13. The molecule has 94 valence electrons. The Morgan fingerprint density at radius 1 is 1.47 bits per heavy atom. The van der Waals surface area contributed by atoms with Crippen molar-refractivity contribution in [3.05, 3.63) is 29.8 Å². The Morgan fingerprint density at radius 3 is 3.00 bits per heavy atom. The Morgan fingerprint density at radius 2 is 2.29 bits per heavy atom. The van der Waals surface area contributed by atoms with Crippen LogP contribution in [0.1, 0.15) is 18.4 Å². The molecule has 1 aromatic rings. The lowest BCUT2D eigenvalue weighted by atomic mass is 10.2. The van der Waals surface area contributed by atoms with Crippen LogP contribution >= 0.6 is 0 Å². The fraction of sp³-hybridized carbons (Fsp3) is 0.417. The van der Waals surface area contributed by atoms with Crippen molar-refractivity contribution < 1.29 is 14.7 Å². The Labute approximate surface area is 101 Å². The third-order valence-corrected chi connectivity index (χ3v) is 2.25. The van der Waals surface area contributed by atoms with Crippen LogP contribution in [0.5, 0.6) is 5.75 Å². The van der Waals surface area contributed by atoms with Crippen LogP contribution in [-0.4, -0.2) is 24.8 Å². The van der Waals surface area contributed by atoms with Crippen molar-refractivity contribution >= 4 is 5.84 Å². The van der Waals surface area contributed by atoms with Gasteiger partial charge in [0.15, 0.2) is 0 Å². The maximum atomic E-state index is 8.34. The third kappa shape index (κ3) is 5.21. The molecule has 0 aliphatic heterocycles. The molecule has 5 heteroatoms. The number of methoxy groups -OCH3 is 1. The van der Waals surface area contributed by atoms with E-state index in [9.17, 15) is 0 Å². The van der Waals surface area contributed by atoms with Gasteiger partial charge in [-0.3, -0.25) is 0 Å². The molecule has 0 saturated carbocycles. The molecule has 0 unspecified atom stereocenters. The largest absolute Gasteiger partial charge is 0.497 e. The van der Waals surface area contributed by atoms with Crippen molar-refractivity contribution in [3.8, 4) is 5.75 Å². The molecular weight excluding hydrogens is 220 g/mol. The Kier molecular flexibility index (Phi) is 5.88. The van der Waals surface area contributed by atoms with Crippen LogP contribution in [0.3, 0.4) is 0 Å². The van der Waals surface area contributed by atoms with Crippen LogP contribution in [0.15, 0.2) is 29.4 Å². The normalized spacial score (nSPS) is 11.5. The molecule has 1 rings (SSSR count). The second kappa shape index (κ2) is 7.51. The molecule has 0 aliphatic carbocycles. The van der Waals surface area contributed by atoms with Crippen LogP contribution < -0.4 is 10.5 Å². The van der Waals surface area contributed by atoms with Gasteiger partial charge in [0, 0.05) is 13.0 Å². The van der Waals surface area contributed by atoms with Crippen LogP contribution in [0, 0.1) is 0 Å². The predicted molar refractivity (Wildman–Crippen MR) is 65.3 cm³/mol. The molecule has 17 heavy (non-hydrogen) atoms. The maximum Gasteiger partial charge on any atom is 0.139 e. The third-order valence-electron chi connectivity index (χ3n) is 2.25. The fourth-order valence-electron chi connectivity index (χ4n) is 1.36. The molecule has 0 saturated heterocycles. The SMILES string of the molecule is COc1cccc(COCCC/C(N)=N/O)c1. The first-order chi connectivity index (χ1) is 8.26. The molecule has 0 atom stereocenters. The molecule has 0 spiro atoms. The zero-order valence-electron chi connectivity index (χ0n) is 9.93. The highest BCUT2D eigenvalue weighted by atomic mass is 16.5. The van der Waals surface area contributed by atoms with Gasteiger partial charge in [-0.25, -0.2) is 0 Å². The highest BCUT2D eigenvalue weighted by molar-refractivity contribution is 5.79. The summed E-state index contributed by atoms with van der Waals surface area (Å²) in [5.41, 5.74) is 6.40. The molecule has 0 aliphatic rings. The number of nitrogens with two attached hydrogens (primary N) is 1. The molecule has 0 bridgehead atoms. The summed E-state index contributed by atoms with van der Waals surface area (Å²) < 4.78 is 10.6. The van der Waals surface area contributed by atoms with E-state index >= 15 is 0 Å². The average Bonchev–Trinajstić information content (AvgIpc) is 2.38. The van der Waals surface area contributed by atoms with Crippen molar-refractivity contribution in [1.82, 2.24) is 0 Å². The topological polar surface area (TPSA) is 77.1 Å². The molecule has 0 fully saturated rings. The second-order valence-corrected chi connectivity index (χ2v) is 3.60. The Bertz CT molecular complexity index is 367. The molecule has 3 N–H and O–H groups in total. The summed E-state index contributed by atoms with van der Waals surface area (Å²) in [5.74, 6) is 1.05. The van der Waals surface area contributed by atoms with E-state index in [0.29, 0.717) is 19.6 Å². The molecule has 5 nitrogen and oxygen atoms in total. The first-order valence-corrected chi connectivity index (χ1v) is 5.43. The van der Waals surface area contributed by atoms with Gasteiger partial charge in [-0.1, -0.05) is 17.3 Å². The van der Waals surface area contributed by atoms with Gasteiger partial charge in [0.2, 0.25) is 0 Å². The summed E-state index contributed by atoms with van der Waals surface area (Å²) in [6, 6.07) is 7.73. The van der Waals surface area contributed by atoms with Crippen LogP contribution in [-0.2, 0) is 11.3 Å². The summed E-state index contributed by atoms with van der Waals surface area (Å²) in [4.78, 5) is 0. The number of benzene rings is 1. The Hall–Kier alpha value is -1.75. The number of rotatable bonds is 7. The van der Waals surface area contributed by atoms with Crippen molar-refractivity contribution in [2.24, 2.45) is 10.9 Å².